The van der Waals surface area contributed by atoms with Crippen LogP contribution in [0.1, 0.15) is 5.56 Å². The van der Waals surface area contributed by atoms with Gasteiger partial charge in [0.2, 0.25) is 5.82 Å². The van der Waals surface area contributed by atoms with E-state index in [9.17, 15) is 8.78 Å². The maximum absolute atomic E-state index is 13.4. The van der Waals surface area contributed by atoms with Crippen molar-refractivity contribution in [2.75, 3.05) is 13.2 Å². The first-order valence-corrected chi connectivity index (χ1v) is 6.98. The average molecular weight is 342 g/mol. The lowest BCUT2D eigenvalue weighted by atomic mass is 10.2. The molecule has 0 spiro atoms. The molecule has 106 valence electrons. The van der Waals surface area contributed by atoms with Crippen LogP contribution in [0.25, 0.3) is 0 Å². The molecule has 0 amide bonds. The summed E-state index contributed by atoms with van der Waals surface area (Å²) in [5.41, 5.74) is 1.16. The zero-order valence-electron chi connectivity index (χ0n) is 10.7. The van der Waals surface area contributed by atoms with Gasteiger partial charge in [0, 0.05) is 17.6 Å². The first kappa shape index (κ1) is 14.9. The largest absolute Gasteiger partial charge is 0.489 e. The third kappa shape index (κ3) is 4.28. The summed E-state index contributed by atoms with van der Waals surface area (Å²) in [7, 11) is 0. The zero-order chi connectivity index (χ0) is 14.4. The lowest BCUT2D eigenvalue weighted by Crippen LogP contribution is -2.20. The Morgan fingerprint density at radius 1 is 1.10 bits per heavy atom. The van der Waals surface area contributed by atoms with Crippen LogP contribution in [0.4, 0.5) is 8.78 Å². The molecule has 1 N–H and O–H groups in total. The Morgan fingerprint density at radius 2 is 1.85 bits per heavy atom. The minimum atomic E-state index is -0.962. The van der Waals surface area contributed by atoms with Gasteiger partial charge >= 0.3 is 0 Å². The minimum Gasteiger partial charge on any atom is -0.489 e. The molecule has 0 unspecified atom stereocenters. The normalized spacial score (nSPS) is 10.6. The van der Waals surface area contributed by atoms with E-state index in [1.165, 1.54) is 6.07 Å². The molecule has 2 aromatic carbocycles. The highest BCUT2D eigenvalue weighted by molar-refractivity contribution is 9.10. The summed E-state index contributed by atoms with van der Waals surface area (Å²) in [4.78, 5) is 0. The Morgan fingerprint density at radius 3 is 2.60 bits per heavy atom. The van der Waals surface area contributed by atoms with Crippen molar-refractivity contribution < 1.29 is 13.5 Å². The van der Waals surface area contributed by atoms with Gasteiger partial charge in [-0.2, -0.15) is 4.39 Å². The van der Waals surface area contributed by atoms with Crippen molar-refractivity contribution in [3.8, 4) is 5.75 Å². The molecule has 0 aromatic heterocycles. The molecule has 0 fully saturated rings. The highest BCUT2D eigenvalue weighted by Gasteiger charge is 2.10. The number of halogens is 3. The molecule has 0 heterocycles. The van der Waals surface area contributed by atoms with Crippen LogP contribution in [0.15, 0.2) is 46.9 Å². The fraction of sp³-hybridized carbons (Fsp3) is 0.200. The number of benzene rings is 2. The van der Waals surface area contributed by atoms with E-state index in [0.29, 0.717) is 17.6 Å². The first-order chi connectivity index (χ1) is 9.66. The number of hydrogen-bond acceptors (Lipinski definition) is 2. The van der Waals surface area contributed by atoms with Gasteiger partial charge in [-0.05, 0) is 17.7 Å². The van der Waals surface area contributed by atoms with Gasteiger partial charge in [-0.3, -0.25) is 0 Å². The van der Waals surface area contributed by atoms with Crippen LogP contribution in [-0.4, -0.2) is 13.2 Å². The zero-order valence-corrected chi connectivity index (χ0v) is 12.3. The summed E-state index contributed by atoms with van der Waals surface area (Å²) in [5.74, 6) is -1.97. The monoisotopic (exact) mass is 341 g/mol. The quantitative estimate of drug-likeness (QED) is 0.635. The molecular weight excluding hydrogens is 328 g/mol. The average Bonchev–Trinajstić information content (AvgIpc) is 2.44. The van der Waals surface area contributed by atoms with Crippen molar-refractivity contribution in [2.45, 2.75) is 6.54 Å². The summed E-state index contributed by atoms with van der Waals surface area (Å²) in [6.07, 6.45) is 0. The molecule has 0 aliphatic heterocycles. The van der Waals surface area contributed by atoms with Gasteiger partial charge in [-0.15, -0.1) is 0 Å². The van der Waals surface area contributed by atoms with Crippen LogP contribution < -0.4 is 10.1 Å². The second kappa shape index (κ2) is 7.36. The number of ether oxygens (including phenoxy) is 1. The third-order valence-corrected chi connectivity index (χ3v) is 3.13. The van der Waals surface area contributed by atoms with Crippen LogP contribution in [0.5, 0.6) is 5.75 Å². The summed E-state index contributed by atoms with van der Waals surface area (Å²) in [6.45, 7) is 1.52. The fourth-order valence-corrected chi connectivity index (χ4v) is 2.11. The molecule has 0 saturated carbocycles. The third-order valence-electron chi connectivity index (χ3n) is 2.67. The molecular formula is C15H14BrF2NO. The van der Waals surface area contributed by atoms with Gasteiger partial charge in [-0.1, -0.05) is 46.3 Å². The highest BCUT2D eigenvalue weighted by Crippen LogP contribution is 2.25. The predicted octanol–water partition coefficient (Wildman–Crippen LogP) is 3.90. The van der Waals surface area contributed by atoms with Gasteiger partial charge in [0.05, 0.1) is 0 Å². The SMILES string of the molecule is Fc1cc(Br)cc(OCCNCc2ccccc2)c1F. The summed E-state index contributed by atoms with van der Waals surface area (Å²) in [6, 6.07) is 12.4. The first-order valence-electron chi connectivity index (χ1n) is 6.19. The molecule has 5 heteroatoms. The van der Waals surface area contributed by atoms with Gasteiger partial charge in [0.15, 0.2) is 11.6 Å². The van der Waals surface area contributed by atoms with Crippen molar-refractivity contribution in [1.29, 1.82) is 0 Å². The molecule has 0 radical (unpaired) electrons. The Hall–Kier alpha value is -1.46. The maximum atomic E-state index is 13.4. The van der Waals surface area contributed by atoms with E-state index in [-0.39, 0.29) is 12.4 Å². The van der Waals surface area contributed by atoms with Gasteiger partial charge in [-0.25, -0.2) is 4.39 Å². The van der Waals surface area contributed by atoms with Gasteiger partial charge in [0.25, 0.3) is 0 Å². The maximum Gasteiger partial charge on any atom is 0.200 e. The molecule has 0 bridgehead atoms. The summed E-state index contributed by atoms with van der Waals surface area (Å²) >= 11 is 3.10. The van der Waals surface area contributed by atoms with Crippen molar-refractivity contribution in [3.63, 3.8) is 0 Å². The Labute approximate surface area is 124 Å². The number of nitrogens with one attached hydrogen (secondary N) is 1. The molecule has 0 atom stereocenters. The molecule has 0 aliphatic carbocycles. The molecule has 2 rings (SSSR count). The Kier molecular flexibility index (Phi) is 5.49. The standard InChI is InChI=1S/C15H14BrF2NO/c16-12-8-13(17)15(18)14(9-12)20-7-6-19-10-11-4-2-1-3-5-11/h1-5,8-9,19H,6-7,10H2. The predicted molar refractivity (Wildman–Crippen MR) is 77.7 cm³/mol. The highest BCUT2D eigenvalue weighted by atomic mass is 79.9. The summed E-state index contributed by atoms with van der Waals surface area (Å²) in [5, 5.41) is 3.17. The van der Waals surface area contributed by atoms with E-state index in [1.54, 1.807) is 0 Å². The van der Waals surface area contributed by atoms with Crippen LogP contribution in [0, 0.1) is 11.6 Å². The summed E-state index contributed by atoms with van der Waals surface area (Å²) < 4.78 is 32.2. The van der Waals surface area contributed by atoms with Gasteiger partial charge in [0.1, 0.15) is 6.61 Å². The smallest absolute Gasteiger partial charge is 0.200 e. The van der Waals surface area contributed by atoms with Crippen LogP contribution in [0.2, 0.25) is 0 Å². The van der Waals surface area contributed by atoms with E-state index < -0.39 is 11.6 Å². The molecule has 0 aliphatic rings. The van der Waals surface area contributed by atoms with Crippen molar-refractivity contribution in [1.82, 2.24) is 5.32 Å². The van der Waals surface area contributed by atoms with Crippen molar-refractivity contribution in [2.24, 2.45) is 0 Å². The van der Waals surface area contributed by atoms with E-state index in [0.717, 1.165) is 11.6 Å². The lowest BCUT2D eigenvalue weighted by Gasteiger charge is -2.09. The van der Waals surface area contributed by atoms with Crippen molar-refractivity contribution in [3.05, 3.63) is 64.1 Å². The van der Waals surface area contributed by atoms with E-state index in [2.05, 4.69) is 21.2 Å². The van der Waals surface area contributed by atoms with Crippen LogP contribution in [0.3, 0.4) is 0 Å². The lowest BCUT2D eigenvalue weighted by molar-refractivity contribution is 0.292. The Balaban J connectivity index is 1.76. The van der Waals surface area contributed by atoms with E-state index in [1.807, 2.05) is 30.3 Å². The number of rotatable bonds is 6. The molecule has 2 nitrogen and oxygen atoms in total. The second-order valence-electron chi connectivity index (χ2n) is 4.21. The van der Waals surface area contributed by atoms with Crippen molar-refractivity contribution >= 4 is 15.9 Å². The minimum absolute atomic E-state index is 0.0848. The van der Waals surface area contributed by atoms with Crippen LogP contribution >= 0.6 is 15.9 Å². The van der Waals surface area contributed by atoms with Gasteiger partial charge < -0.3 is 10.1 Å². The fourth-order valence-electron chi connectivity index (χ4n) is 1.70. The van der Waals surface area contributed by atoms with E-state index >= 15 is 0 Å². The molecule has 2 aromatic rings. The topological polar surface area (TPSA) is 21.3 Å². The molecule has 0 saturated heterocycles. The van der Waals surface area contributed by atoms with Crippen LogP contribution in [-0.2, 0) is 6.54 Å². The second-order valence-corrected chi connectivity index (χ2v) is 5.13. The molecule has 20 heavy (non-hydrogen) atoms. The van der Waals surface area contributed by atoms with E-state index in [4.69, 9.17) is 4.74 Å². The number of hydrogen-bond donors (Lipinski definition) is 1. The Bertz CT molecular complexity index is 563.